The first-order valence-electron chi connectivity index (χ1n) is 13.7. The van der Waals surface area contributed by atoms with Gasteiger partial charge in [0.05, 0.1) is 22.4 Å². The van der Waals surface area contributed by atoms with Gasteiger partial charge in [-0.1, -0.05) is 54.6 Å². The second-order valence-corrected chi connectivity index (χ2v) is 10.5. The summed E-state index contributed by atoms with van der Waals surface area (Å²) in [5.74, 6) is 0.149. The van der Waals surface area contributed by atoms with Crippen LogP contribution in [0.3, 0.4) is 0 Å². The molecule has 1 amide bonds. The molecule has 1 fully saturated rings. The van der Waals surface area contributed by atoms with E-state index in [1.54, 1.807) is 41.0 Å². The van der Waals surface area contributed by atoms with E-state index < -0.39 is 0 Å². The smallest absolute Gasteiger partial charge is 0.331 e. The van der Waals surface area contributed by atoms with E-state index in [1.165, 1.54) is 22.3 Å². The van der Waals surface area contributed by atoms with Crippen molar-refractivity contribution < 1.29 is 14.9 Å². The van der Waals surface area contributed by atoms with Crippen LogP contribution in [0.1, 0.15) is 36.8 Å². The third-order valence-electron chi connectivity index (χ3n) is 7.84. The number of carbonyl (C=O) groups is 1. The molecule has 206 valence electrons. The molecule has 1 aromatic heterocycles. The van der Waals surface area contributed by atoms with Gasteiger partial charge in [0, 0.05) is 31.1 Å². The maximum atomic E-state index is 13.6. The van der Waals surface area contributed by atoms with Gasteiger partial charge < -0.3 is 5.32 Å². The van der Waals surface area contributed by atoms with E-state index in [1.807, 2.05) is 30.3 Å². The van der Waals surface area contributed by atoms with Crippen LogP contribution >= 0.6 is 0 Å². The number of hydrogen-bond donors (Lipinski definition) is 2. The number of fused-ring (bicyclic) bond motifs is 1. The standard InChI is InChI=1S/C31H32N4O5/c36-29(32-19-18-22-6-2-1-3-7-22)25-14-10-23(11-15-25)21-34-30(37)27-8-4-5-9-28(27)33(31(34)38)20-24-12-16-26(17-13-24)35(39)40/h1-9,12-13,16-17,23,25H,10-11,14-15,18-21H2,(H-,32,36,39,40)/p+1. The minimum absolute atomic E-state index is 0.0519. The summed E-state index contributed by atoms with van der Waals surface area (Å²) >= 11 is 0. The normalized spacial score (nSPS) is 17.0. The highest BCUT2D eigenvalue weighted by molar-refractivity contribution is 5.79. The quantitative estimate of drug-likeness (QED) is 0.309. The molecule has 0 radical (unpaired) electrons. The van der Waals surface area contributed by atoms with E-state index in [2.05, 4.69) is 5.32 Å². The average molecular weight is 542 g/mol. The molecule has 40 heavy (non-hydrogen) atoms. The molecule has 9 nitrogen and oxygen atoms in total. The molecule has 5 rings (SSSR count). The van der Waals surface area contributed by atoms with Crippen molar-refractivity contribution in [2.45, 2.75) is 45.2 Å². The molecular weight excluding hydrogens is 508 g/mol. The Kier molecular flexibility index (Phi) is 8.19. The lowest BCUT2D eigenvalue weighted by Crippen LogP contribution is -2.42. The number of amides is 1. The minimum Gasteiger partial charge on any atom is -0.356 e. The Balaban J connectivity index is 1.27. The fraction of sp³-hybridized carbons (Fsp3) is 0.323. The summed E-state index contributed by atoms with van der Waals surface area (Å²) in [4.78, 5) is 50.6. The summed E-state index contributed by atoms with van der Waals surface area (Å²) in [7, 11) is 0. The van der Waals surface area contributed by atoms with Crippen molar-refractivity contribution in [1.29, 1.82) is 0 Å². The number of para-hydroxylation sites is 1. The van der Waals surface area contributed by atoms with Crippen molar-refractivity contribution in [3.63, 3.8) is 0 Å². The van der Waals surface area contributed by atoms with E-state index in [0.29, 0.717) is 24.0 Å². The number of aromatic nitrogens is 2. The number of nitrogens with one attached hydrogen (secondary N) is 1. The van der Waals surface area contributed by atoms with E-state index in [-0.39, 0.29) is 46.1 Å². The van der Waals surface area contributed by atoms with E-state index >= 15 is 0 Å². The second-order valence-electron chi connectivity index (χ2n) is 10.5. The van der Waals surface area contributed by atoms with Gasteiger partial charge in [-0.05, 0) is 61.3 Å². The van der Waals surface area contributed by atoms with Crippen molar-refractivity contribution in [3.05, 3.63) is 116 Å². The Morgan fingerprint density at radius 3 is 2.23 bits per heavy atom. The van der Waals surface area contributed by atoms with Gasteiger partial charge in [-0.25, -0.2) is 10.0 Å². The van der Waals surface area contributed by atoms with Gasteiger partial charge in [0.15, 0.2) is 0 Å². The maximum absolute atomic E-state index is 13.6. The summed E-state index contributed by atoms with van der Waals surface area (Å²) in [6.45, 7) is 1.12. The maximum Gasteiger partial charge on any atom is 0.331 e. The Labute approximate surface area is 231 Å². The molecule has 0 atom stereocenters. The minimum atomic E-state index is -0.388. The SMILES string of the molecule is O=C(NCCc1ccccc1)C1CCC(Cn2c(=O)c3ccccc3n(Cc3ccc([N+](=O)O)cc3)c2=O)CC1. The molecule has 0 bridgehead atoms. The van der Waals surface area contributed by atoms with Crippen molar-refractivity contribution in [2.75, 3.05) is 6.54 Å². The van der Waals surface area contributed by atoms with Gasteiger partial charge in [0.1, 0.15) is 0 Å². The van der Waals surface area contributed by atoms with Crippen molar-refractivity contribution >= 4 is 22.5 Å². The van der Waals surface area contributed by atoms with Crippen LogP contribution in [-0.2, 0) is 24.3 Å². The summed E-state index contributed by atoms with van der Waals surface area (Å²) in [6.07, 6.45) is 3.79. The fourth-order valence-electron chi connectivity index (χ4n) is 5.58. The molecule has 4 aromatic rings. The first kappa shape index (κ1) is 27.1. The molecule has 0 spiro atoms. The zero-order valence-electron chi connectivity index (χ0n) is 22.2. The van der Waals surface area contributed by atoms with Gasteiger partial charge in [0.25, 0.3) is 10.5 Å². The largest absolute Gasteiger partial charge is 0.356 e. The predicted octanol–water partition coefficient (Wildman–Crippen LogP) is 4.18. The Morgan fingerprint density at radius 2 is 1.52 bits per heavy atom. The van der Waals surface area contributed by atoms with Crippen LogP contribution in [0.4, 0.5) is 5.69 Å². The Morgan fingerprint density at radius 1 is 0.850 bits per heavy atom. The molecular formula is C31H33N4O5+. The lowest BCUT2D eigenvalue weighted by molar-refractivity contribution is -0.729. The number of rotatable bonds is 9. The highest BCUT2D eigenvalue weighted by Gasteiger charge is 2.27. The summed E-state index contributed by atoms with van der Waals surface area (Å²) in [5.41, 5.74) is 1.88. The second kappa shape index (κ2) is 12.1. The van der Waals surface area contributed by atoms with Gasteiger partial charge in [-0.15, -0.1) is 0 Å². The van der Waals surface area contributed by atoms with Crippen LogP contribution in [0.25, 0.3) is 10.9 Å². The van der Waals surface area contributed by atoms with Gasteiger partial charge in [0.2, 0.25) is 5.91 Å². The van der Waals surface area contributed by atoms with E-state index in [4.69, 9.17) is 5.21 Å². The molecule has 9 heteroatoms. The van der Waals surface area contributed by atoms with E-state index in [9.17, 15) is 19.3 Å². The van der Waals surface area contributed by atoms with Crippen LogP contribution < -0.4 is 16.6 Å². The van der Waals surface area contributed by atoms with Crippen LogP contribution in [0.15, 0.2) is 88.5 Å². The third kappa shape index (κ3) is 6.03. The molecule has 0 aliphatic heterocycles. The molecule has 1 saturated carbocycles. The lowest BCUT2D eigenvalue weighted by atomic mass is 9.81. The topological polar surface area (TPSA) is 113 Å². The van der Waals surface area contributed by atoms with Gasteiger partial charge in [-0.3, -0.25) is 18.7 Å². The van der Waals surface area contributed by atoms with Crippen molar-refractivity contribution in [2.24, 2.45) is 11.8 Å². The Hall–Kier alpha value is -4.53. The number of benzene rings is 3. The van der Waals surface area contributed by atoms with Crippen molar-refractivity contribution in [3.8, 4) is 0 Å². The number of hydrogen-bond acceptors (Lipinski definition) is 4. The molecule has 1 aliphatic rings. The third-order valence-corrected chi connectivity index (χ3v) is 7.84. The molecule has 3 aromatic carbocycles. The molecule has 2 N–H and O–H groups in total. The van der Waals surface area contributed by atoms with Gasteiger partial charge >= 0.3 is 11.4 Å². The highest BCUT2D eigenvalue weighted by Crippen LogP contribution is 2.29. The number of carbonyl (C=O) groups excluding carboxylic acids is 1. The zero-order valence-corrected chi connectivity index (χ0v) is 22.2. The zero-order chi connectivity index (χ0) is 28.1. The number of nitrogens with zero attached hydrogens (tertiary/aromatic N) is 3. The van der Waals surface area contributed by atoms with Gasteiger partial charge in [-0.2, -0.15) is 0 Å². The van der Waals surface area contributed by atoms with Crippen molar-refractivity contribution in [1.82, 2.24) is 14.5 Å². The van der Waals surface area contributed by atoms with E-state index in [0.717, 1.165) is 37.7 Å². The first-order chi connectivity index (χ1) is 19.4. The van der Waals surface area contributed by atoms with Crippen LogP contribution in [0.5, 0.6) is 0 Å². The Bertz CT molecular complexity index is 1620. The lowest BCUT2D eigenvalue weighted by Gasteiger charge is -2.28. The summed E-state index contributed by atoms with van der Waals surface area (Å²) in [6, 6.07) is 23.4. The van der Waals surface area contributed by atoms with Crippen LogP contribution in [0, 0.1) is 16.7 Å². The monoisotopic (exact) mass is 541 g/mol. The van der Waals surface area contributed by atoms with Crippen LogP contribution in [-0.4, -0.2) is 31.7 Å². The molecule has 1 aliphatic carbocycles. The molecule has 0 unspecified atom stereocenters. The average Bonchev–Trinajstić information content (AvgIpc) is 2.98. The fourth-order valence-corrected chi connectivity index (χ4v) is 5.58. The van der Waals surface area contributed by atoms with Crippen LogP contribution in [0.2, 0.25) is 0 Å². The first-order valence-corrected chi connectivity index (χ1v) is 13.7. The molecule has 0 saturated heterocycles. The molecule has 1 heterocycles. The predicted molar refractivity (Wildman–Crippen MR) is 152 cm³/mol. The summed E-state index contributed by atoms with van der Waals surface area (Å²) in [5, 5.41) is 12.6. The highest BCUT2D eigenvalue weighted by atomic mass is 16.6. The summed E-state index contributed by atoms with van der Waals surface area (Å²) < 4.78 is 2.90.